The number of nitrogens with one attached hydrogen (secondary N) is 1. The zero-order chi connectivity index (χ0) is 14.7. The van der Waals surface area contributed by atoms with Gasteiger partial charge in [0, 0.05) is 17.1 Å². The summed E-state index contributed by atoms with van der Waals surface area (Å²) < 4.78 is 27.5. The number of aryl methyl sites for hydroxylation is 1. The minimum Gasteiger partial charge on any atom is -0.313 e. The quantitative estimate of drug-likeness (QED) is 0.862. The second-order valence-corrected chi connectivity index (χ2v) is 5.07. The van der Waals surface area contributed by atoms with E-state index >= 15 is 0 Å². The fraction of sp³-hybridized carbons (Fsp3) is 0.250. The molecule has 0 aromatic heterocycles. The molecule has 2 aromatic rings. The molecule has 0 heterocycles. The summed E-state index contributed by atoms with van der Waals surface area (Å²) in [6.45, 7) is 5.04. The number of benzene rings is 2. The largest absolute Gasteiger partial charge is 0.313 e. The van der Waals surface area contributed by atoms with E-state index in [-0.39, 0.29) is 5.56 Å². The highest BCUT2D eigenvalue weighted by molar-refractivity contribution is 6.31. The molecule has 20 heavy (non-hydrogen) atoms. The molecule has 0 aliphatic heterocycles. The monoisotopic (exact) mass is 295 g/mol. The second kappa shape index (κ2) is 6.33. The molecule has 0 spiro atoms. The smallest absolute Gasteiger partial charge is 0.131 e. The van der Waals surface area contributed by atoms with E-state index in [4.69, 9.17) is 11.6 Å². The van der Waals surface area contributed by atoms with E-state index in [1.54, 1.807) is 12.1 Å². The summed E-state index contributed by atoms with van der Waals surface area (Å²) in [5, 5.41) is 3.72. The van der Waals surface area contributed by atoms with Crippen LogP contribution in [0.25, 0.3) is 11.1 Å². The zero-order valence-electron chi connectivity index (χ0n) is 11.4. The predicted octanol–water partition coefficient (Wildman–Crippen LogP) is 4.70. The van der Waals surface area contributed by atoms with E-state index in [0.717, 1.165) is 12.1 Å². The van der Waals surface area contributed by atoms with Gasteiger partial charge in [-0.15, -0.1) is 0 Å². The van der Waals surface area contributed by atoms with Crippen molar-refractivity contribution in [2.45, 2.75) is 20.4 Å². The van der Waals surface area contributed by atoms with Crippen LogP contribution >= 0.6 is 11.6 Å². The van der Waals surface area contributed by atoms with Crippen molar-refractivity contribution >= 4 is 11.6 Å². The van der Waals surface area contributed by atoms with Crippen LogP contribution in [0.2, 0.25) is 5.02 Å². The van der Waals surface area contributed by atoms with Gasteiger partial charge in [-0.05, 0) is 48.4 Å². The lowest BCUT2D eigenvalue weighted by Gasteiger charge is -2.09. The molecular weight excluding hydrogens is 280 g/mol. The lowest BCUT2D eigenvalue weighted by Crippen LogP contribution is -2.11. The molecule has 0 atom stereocenters. The van der Waals surface area contributed by atoms with Crippen LogP contribution in [-0.4, -0.2) is 6.54 Å². The van der Waals surface area contributed by atoms with Crippen molar-refractivity contribution < 1.29 is 8.78 Å². The van der Waals surface area contributed by atoms with Gasteiger partial charge in [0.25, 0.3) is 0 Å². The summed E-state index contributed by atoms with van der Waals surface area (Å²) in [6, 6.07) is 7.66. The Morgan fingerprint density at radius 3 is 2.50 bits per heavy atom. The second-order valence-electron chi connectivity index (χ2n) is 4.67. The Hall–Kier alpha value is -1.45. The molecule has 0 saturated heterocycles. The molecule has 0 aliphatic rings. The first kappa shape index (κ1) is 14.9. The predicted molar refractivity (Wildman–Crippen MR) is 78.9 cm³/mol. The molecule has 0 saturated carbocycles. The van der Waals surface area contributed by atoms with Crippen LogP contribution < -0.4 is 5.32 Å². The van der Waals surface area contributed by atoms with Gasteiger partial charge in [-0.3, -0.25) is 0 Å². The van der Waals surface area contributed by atoms with Gasteiger partial charge < -0.3 is 5.32 Å². The summed E-state index contributed by atoms with van der Waals surface area (Å²) in [6.07, 6.45) is 0. The molecule has 106 valence electrons. The van der Waals surface area contributed by atoms with Gasteiger partial charge >= 0.3 is 0 Å². The van der Waals surface area contributed by atoms with Crippen molar-refractivity contribution in [2.75, 3.05) is 6.54 Å². The summed E-state index contributed by atoms with van der Waals surface area (Å²) in [5.74, 6) is -0.867. The van der Waals surface area contributed by atoms with Gasteiger partial charge in [0.15, 0.2) is 0 Å². The van der Waals surface area contributed by atoms with E-state index in [1.807, 2.05) is 13.0 Å². The van der Waals surface area contributed by atoms with Crippen molar-refractivity contribution in [1.82, 2.24) is 5.32 Å². The first-order chi connectivity index (χ1) is 9.52. The normalized spacial score (nSPS) is 10.8. The molecule has 0 fully saturated rings. The summed E-state index contributed by atoms with van der Waals surface area (Å²) >= 11 is 6.18. The molecule has 2 rings (SSSR count). The first-order valence-corrected chi connectivity index (χ1v) is 6.86. The van der Waals surface area contributed by atoms with Crippen molar-refractivity contribution in [3.63, 3.8) is 0 Å². The number of halogens is 3. The maximum Gasteiger partial charge on any atom is 0.131 e. The van der Waals surface area contributed by atoms with Gasteiger partial charge in [-0.1, -0.05) is 30.7 Å². The molecule has 0 bridgehead atoms. The molecule has 4 heteroatoms. The van der Waals surface area contributed by atoms with Gasteiger partial charge in [0.05, 0.1) is 0 Å². The Kier molecular flexibility index (Phi) is 4.73. The molecule has 1 N–H and O–H groups in total. The minimum absolute atomic E-state index is 0.227. The van der Waals surface area contributed by atoms with Crippen molar-refractivity contribution in [3.8, 4) is 11.1 Å². The van der Waals surface area contributed by atoms with Crippen molar-refractivity contribution in [2.24, 2.45) is 0 Å². The van der Waals surface area contributed by atoms with Crippen LogP contribution in [0, 0.1) is 18.6 Å². The maximum atomic E-state index is 13.9. The summed E-state index contributed by atoms with van der Waals surface area (Å²) in [5.41, 5.74) is 2.03. The molecular formula is C16H16ClF2N. The van der Waals surface area contributed by atoms with Crippen molar-refractivity contribution in [1.29, 1.82) is 0 Å². The fourth-order valence-corrected chi connectivity index (χ4v) is 2.23. The van der Waals surface area contributed by atoms with Crippen LogP contribution in [-0.2, 0) is 6.54 Å². The Balaban J connectivity index is 2.39. The number of hydrogen-bond donors (Lipinski definition) is 1. The molecule has 1 nitrogen and oxygen atoms in total. The van der Waals surface area contributed by atoms with Crippen LogP contribution in [0.4, 0.5) is 8.78 Å². The zero-order valence-corrected chi connectivity index (χ0v) is 12.2. The number of hydrogen-bond acceptors (Lipinski definition) is 1. The first-order valence-electron chi connectivity index (χ1n) is 6.48. The van der Waals surface area contributed by atoms with E-state index in [2.05, 4.69) is 5.32 Å². The van der Waals surface area contributed by atoms with Gasteiger partial charge in [-0.2, -0.15) is 0 Å². The average Bonchev–Trinajstić information content (AvgIpc) is 2.41. The average molecular weight is 296 g/mol. The van der Waals surface area contributed by atoms with Crippen LogP contribution in [0.15, 0.2) is 30.3 Å². The Morgan fingerprint density at radius 2 is 1.85 bits per heavy atom. The molecule has 2 aromatic carbocycles. The molecule has 0 radical (unpaired) electrons. The third-order valence-corrected chi connectivity index (χ3v) is 3.53. The fourth-order valence-electron chi connectivity index (χ4n) is 1.99. The highest BCUT2D eigenvalue weighted by Crippen LogP contribution is 2.29. The van der Waals surface area contributed by atoms with E-state index in [1.165, 1.54) is 19.1 Å². The Morgan fingerprint density at radius 1 is 1.10 bits per heavy atom. The third kappa shape index (κ3) is 3.17. The van der Waals surface area contributed by atoms with E-state index in [9.17, 15) is 8.78 Å². The topological polar surface area (TPSA) is 12.0 Å². The number of rotatable bonds is 4. The third-order valence-electron chi connectivity index (χ3n) is 3.18. The maximum absolute atomic E-state index is 13.9. The molecule has 0 unspecified atom stereocenters. The van der Waals surface area contributed by atoms with Crippen LogP contribution in [0.1, 0.15) is 18.1 Å². The van der Waals surface area contributed by atoms with Crippen LogP contribution in [0.5, 0.6) is 0 Å². The Bertz CT molecular complexity index is 626. The SMILES string of the molecule is CCNCc1ccc(-c2cc(F)c(C)cc2F)cc1Cl. The minimum atomic E-state index is -0.445. The summed E-state index contributed by atoms with van der Waals surface area (Å²) in [4.78, 5) is 0. The highest BCUT2D eigenvalue weighted by Gasteiger charge is 2.11. The lowest BCUT2D eigenvalue weighted by molar-refractivity contribution is 0.595. The summed E-state index contributed by atoms with van der Waals surface area (Å²) in [7, 11) is 0. The molecule has 0 aliphatic carbocycles. The van der Waals surface area contributed by atoms with Gasteiger partial charge in [0.1, 0.15) is 11.6 Å². The Labute approximate surface area is 122 Å². The van der Waals surface area contributed by atoms with Crippen LogP contribution in [0.3, 0.4) is 0 Å². The lowest BCUT2D eigenvalue weighted by atomic mass is 10.0. The standard InChI is InChI=1S/C16H16ClF2N/c1-3-20-9-12-5-4-11(7-14(12)17)13-8-15(18)10(2)6-16(13)19/h4-8,20H,3,9H2,1-2H3. The van der Waals surface area contributed by atoms with Crippen molar-refractivity contribution in [3.05, 3.63) is 58.1 Å². The van der Waals surface area contributed by atoms with E-state index in [0.29, 0.717) is 22.7 Å². The highest BCUT2D eigenvalue weighted by atomic mass is 35.5. The molecule has 0 amide bonds. The van der Waals surface area contributed by atoms with Gasteiger partial charge in [0.2, 0.25) is 0 Å². The van der Waals surface area contributed by atoms with E-state index < -0.39 is 11.6 Å². The van der Waals surface area contributed by atoms with Gasteiger partial charge in [-0.25, -0.2) is 8.78 Å².